The normalized spacial score (nSPS) is 25.3. The maximum atomic E-state index is 11.2. The maximum absolute atomic E-state index is 11.2. The van der Waals surface area contributed by atoms with Crippen LogP contribution in [-0.2, 0) is 6.54 Å². The Labute approximate surface area is 128 Å². The summed E-state index contributed by atoms with van der Waals surface area (Å²) >= 11 is 5.79. The van der Waals surface area contributed by atoms with E-state index in [0.29, 0.717) is 30.4 Å². The fraction of sp³-hybridized carbons (Fsp3) is 0.500. The molecule has 1 saturated heterocycles. The van der Waals surface area contributed by atoms with Crippen molar-refractivity contribution in [2.45, 2.75) is 26.1 Å². The van der Waals surface area contributed by atoms with Crippen molar-refractivity contribution in [3.63, 3.8) is 0 Å². The zero-order valence-electron chi connectivity index (χ0n) is 11.7. The minimum atomic E-state index is -0.547. The minimum Gasteiger partial charge on any atom is -0.374 e. The highest BCUT2D eigenvalue weighted by Crippen LogP contribution is 2.36. The lowest BCUT2D eigenvalue weighted by Crippen LogP contribution is -2.39. The van der Waals surface area contributed by atoms with Crippen molar-refractivity contribution >= 4 is 11.6 Å². The fourth-order valence-electron chi connectivity index (χ4n) is 3.00. The third-order valence-corrected chi connectivity index (χ3v) is 4.29. The number of pyridine rings is 1. The number of aromatic nitrogens is 1. The van der Waals surface area contributed by atoms with Gasteiger partial charge < -0.3 is 14.9 Å². The lowest BCUT2D eigenvalue weighted by atomic mass is 9.98. The molecule has 1 aromatic heterocycles. The van der Waals surface area contributed by atoms with Gasteiger partial charge in [0.2, 0.25) is 0 Å². The van der Waals surface area contributed by atoms with Gasteiger partial charge in [-0.1, -0.05) is 24.6 Å². The van der Waals surface area contributed by atoms with Gasteiger partial charge in [0.15, 0.2) is 0 Å². The first kappa shape index (κ1) is 14.3. The monoisotopic (exact) mass is 308 g/mol. The van der Waals surface area contributed by atoms with Crippen LogP contribution in [0.15, 0.2) is 35.0 Å². The zero-order chi connectivity index (χ0) is 15.0. The second-order valence-corrected chi connectivity index (χ2v) is 5.91. The smallest absolute Gasteiger partial charge is 0.132 e. The lowest BCUT2D eigenvalue weighted by Gasteiger charge is -2.36. The molecule has 2 atom stereocenters. The van der Waals surface area contributed by atoms with E-state index in [-0.39, 0.29) is 5.92 Å². The number of hydrogen-bond donors (Lipinski definition) is 1. The number of nitroso groups, excluding NO2 is 1. The molecule has 0 aromatic carbocycles. The molecule has 7 heteroatoms. The summed E-state index contributed by atoms with van der Waals surface area (Å²) in [6.45, 7) is 3.99. The molecule has 0 radical (unpaired) electrons. The number of allylic oxidation sites excluding steroid dienone is 1. The van der Waals surface area contributed by atoms with Crippen molar-refractivity contribution in [2.24, 2.45) is 11.1 Å². The van der Waals surface area contributed by atoms with Gasteiger partial charge >= 0.3 is 0 Å². The molecule has 3 rings (SSSR count). The zero-order valence-corrected chi connectivity index (χ0v) is 12.5. The van der Waals surface area contributed by atoms with E-state index in [1.54, 1.807) is 12.3 Å². The van der Waals surface area contributed by atoms with Crippen molar-refractivity contribution in [2.75, 3.05) is 13.1 Å². The molecule has 112 valence electrons. The van der Waals surface area contributed by atoms with Crippen LogP contribution in [0.1, 0.15) is 18.9 Å². The van der Waals surface area contributed by atoms with Gasteiger partial charge in [0.25, 0.3) is 0 Å². The van der Waals surface area contributed by atoms with Crippen LogP contribution in [0, 0.1) is 10.8 Å². The van der Waals surface area contributed by atoms with Gasteiger partial charge in [0.1, 0.15) is 22.9 Å². The first-order valence-corrected chi connectivity index (χ1v) is 7.35. The second kappa shape index (κ2) is 5.61. The summed E-state index contributed by atoms with van der Waals surface area (Å²) in [7, 11) is 0. The van der Waals surface area contributed by atoms with Crippen LogP contribution in [0.3, 0.4) is 0 Å². The highest BCUT2D eigenvalue weighted by molar-refractivity contribution is 6.29. The Kier molecular flexibility index (Phi) is 3.82. The molecule has 2 unspecified atom stereocenters. The highest BCUT2D eigenvalue weighted by atomic mass is 35.5. The van der Waals surface area contributed by atoms with Crippen LogP contribution in [0.25, 0.3) is 0 Å². The predicted octanol–water partition coefficient (Wildman–Crippen LogP) is 2.15. The fourth-order valence-corrected chi connectivity index (χ4v) is 3.11. The Morgan fingerprint density at radius 1 is 1.48 bits per heavy atom. The number of hydrogen-bond acceptors (Lipinski definition) is 6. The summed E-state index contributed by atoms with van der Waals surface area (Å²) in [5.74, 6) is 0.721. The molecular formula is C14H17ClN4O2. The quantitative estimate of drug-likeness (QED) is 0.684. The molecule has 3 heterocycles. The highest BCUT2D eigenvalue weighted by Gasteiger charge is 2.39. The van der Waals surface area contributed by atoms with Gasteiger partial charge in [0, 0.05) is 38.2 Å². The average Bonchev–Trinajstić information content (AvgIpc) is 2.86. The summed E-state index contributed by atoms with van der Waals surface area (Å²) in [4.78, 5) is 19.2. The first-order chi connectivity index (χ1) is 10.1. The third-order valence-electron chi connectivity index (χ3n) is 4.06. The second-order valence-electron chi connectivity index (χ2n) is 5.52. The molecule has 0 spiro atoms. The Morgan fingerprint density at radius 3 is 2.95 bits per heavy atom. The van der Waals surface area contributed by atoms with Gasteiger partial charge in [-0.25, -0.2) is 4.98 Å². The van der Waals surface area contributed by atoms with Crippen molar-refractivity contribution in [1.29, 1.82) is 0 Å². The molecule has 6 nitrogen and oxygen atoms in total. The average molecular weight is 309 g/mol. The number of nitrogens with zero attached hydrogens (tertiary/aromatic N) is 4. The number of fused-ring (bicyclic) bond motifs is 1. The number of aliphatic hydroxyl groups excluding tert-OH is 1. The van der Waals surface area contributed by atoms with Crippen molar-refractivity contribution < 1.29 is 5.11 Å². The molecule has 2 aliphatic heterocycles. The van der Waals surface area contributed by atoms with Gasteiger partial charge in [-0.2, -0.15) is 0 Å². The molecule has 0 bridgehead atoms. The Bertz CT molecular complexity index is 575. The van der Waals surface area contributed by atoms with Gasteiger partial charge in [-0.05, 0) is 16.8 Å². The molecule has 1 fully saturated rings. The van der Waals surface area contributed by atoms with Crippen molar-refractivity contribution in [3.05, 3.63) is 45.5 Å². The Hall–Kier alpha value is -1.66. The van der Waals surface area contributed by atoms with E-state index in [4.69, 9.17) is 11.6 Å². The number of rotatable bonds is 3. The minimum absolute atomic E-state index is 0.0345. The summed E-state index contributed by atoms with van der Waals surface area (Å²) in [5.41, 5.74) is 1.53. The van der Waals surface area contributed by atoms with Crippen LogP contribution < -0.4 is 0 Å². The van der Waals surface area contributed by atoms with Crippen LogP contribution in [0.4, 0.5) is 0 Å². The largest absolute Gasteiger partial charge is 0.374 e. The van der Waals surface area contributed by atoms with E-state index in [0.717, 1.165) is 17.9 Å². The van der Waals surface area contributed by atoms with Crippen LogP contribution in [0.2, 0.25) is 5.15 Å². The summed E-state index contributed by atoms with van der Waals surface area (Å²) in [5, 5.41) is 13.8. The van der Waals surface area contributed by atoms with Crippen LogP contribution in [-0.4, -0.2) is 39.2 Å². The first-order valence-electron chi connectivity index (χ1n) is 6.97. The summed E-state index contributed by atoms with van der Waals surface area (Å²) in [6.07, 6.45) is 1.72. The molecule has 1 aromatic rings. The number of halogens is 1. The molecule has 0 aliphatic carbocycles. The van der Waals surface area contributed by atoms with Crippen molar-refractivity contribution in [3.8, 4) is 0 Å². The standard InChI is InChI=1S/C14H17ClN4O2/c1-9-6-12(20)19-5-4-18(14(19)13(9)17-21)8-10-2-3-11(15)16-7-10/h2-3,7,9,12,20H,4-6,8H2,1H3. The van der Waals surface area contributed by atoms with E-state index in [1.165, 1.54) is 0 Å². The van der Waals surface area contributed by atoms with E-state index >= 15 is 0 Å². The molecule has 0 saturated carbocycles. The van der Waals surface area contributed by atoms with Gasteiger partial charge in [-0.3, -0.25) is 0 Å². The van der Waals surface area contributed by atoms with Gasteiger partial charge in [-0.15, -0.1) is 4.91 Å². The van der Waals surface area contributed by atoms with Crippen LogP contribution in [0.5, 0.6) is 0 Å². The number of aliphatic hydroxyl groups is 1. The molecule has 0 amide bonds. The lowest BCUT2D eigenvalue weighted by molar-refractivity contribution is 0.00638. The molecule has 21 heavy (non-hydrogen) atoms. The summed E-state index contributed by atoms with van der Waals surface area (Å²) < 4.78 is 0. The van der Waals surface area contributed by atoms with E-state index in [1.807, 2.05) is 17.9 Å². The maximum Gasteiger partial charge on any atom is 0.132 e. The van der Waals surface area contributed by atoms with Crippen LogP contribution >= 0.6 is 11.6 Å². The van der Waals surface area contributed by atoms with Gasteiger partial charge in [0.05, 0.1) is 0 Å². The van der Waals surface area contributed by atoms with E-state index in [9.17, 15) is 10.0 Å². The molecular weight excluding hydrogens is 292 g/mol. The summed E-state index contributed by atoms with van der Waals surface area (Å²) in [6, 6.07) is 3.66. The van der Waals surface area contributed by atoms with E-state index < -0.39 is 6.23 Å². The Balaban J connectivity index is 1.89. The SMILES string of the molecule is CC1CC(O)N2CCN(Cc3ccc(Cl)nc3)C2=C1N=O. The third kappa shape index (κ3) is 2.61. The predicted molar refractivity (Wildman–Crippen MR) is 79.0 cm³/mol. The van der Waals surface area contributed by atoms with Crippen molar-refractivity contribution in [1.82, 2.24) is 14.8 Å². The molecule has 1 N–H and O–H groups in total. The van der Waals surface area contributed by atoms with E-state index in [2.05, 4.69) is 15.1 Å². The molecule has 2 aliphatic rings. The topological polar surface area (TPSA) is 69.0 Å². The Morgan fingerprint density at radius 2 is 2.29 bits per heavy atom.